The van der Waals surface area contributed by atoms with Crippen LogP contribution in [-0.2, 0) is 0 Å². The van der Waals surface area contributed by atoms with E-state index in [1.807, 2.05) is 24.3 Å². The number of benzene rings is 1. The number of aliphatic hydroxyl groups excluding tert-OH is 1. The third kappa shape index (κ3) is 4.22. The number of ether oxygens (including phenoxy) is 1. The zero-order valence-corrected chi connectivity index (χ0v) is 12.6. The van der Waals surface area contributed by atoms with Crippen molar-refractivity contribution in [3.8, 4) is 5.75 Å². The van der Waals surface area contributed by atoms with Gasteiger partial charge in [-0.2, -0.15) is 0 Å². The molecule has 0 saturated heterocycles. The first-order chi connectivity index (χ1) is 9.70. The van der Waals surface area contributed by atoms with E-state index in [4.69, 9.17) is 4.74 Å². The third-order valence-corrected chi connectivity index (χ3v) is 4.44. The van der Waals surface area contributed by atoms with Gasteiger partial charge in [-0.25, -0.2) is 0 Å². The van der Waals surface area contributed by atoms with Crippen molar-refractivity contribution in [2.75, 3.05) is 13.7 Å². The predicted molar refractivity (Wildman–Crippen MR) is 82.0 cm³/mol. The minimum absolute atomic E-state index is 0.448. The molecular formula is C17H27NO2. The van der Waals surface area contributed by atoms with Gasteiger partial charge in [-0.1, -0.05) is 38.3 Å². The van der Waals surface area contributed by atoms with E-state index in [0.717, 1.165) is 11.3 Å². The molecule has 112 valence electrons. The van der Waals surface area contributed by atoms with E-state index in [1.165, 1.54) is 32.1 Å². The van der Waals surface area contributed by atoms with Crippen LogP contribution in [0.3, 0.4) is 0 Å². The van der Waals surface area contributed by atoms with Crippen LogP contribution in [0.5, 0.6) is 5.75 Å². The van der Waals surface area contributed by atoms with Gasteiger partial charge in [-0.3, -0.25) is 0 Å². The lowest BCUT2D eigenvalue weighted by Crippen LogP contribution is -2.37. The molecule has 2 N–H and O–H groups in total. The van der Waals surface area contributed by atoms with Crippen molar-refractivity contribution >= 4 is 0 Å². The second kappa shape index (κ2) is 7.65. The fourth-order valence-corrected chi connectivity index (χ4v) is 3.00. The molecule has 1 fully saturated rings. The van der Waals surface area contributed by atoms with Crippen LogP contribution in [0.15, 0.2) is 24.3 Å². The molecule has 3 heteroatoms. The fourth-order valence-electron chi connectivity index (χ4n) is 3.00. The Morgan fingerprint density at radius 2 is 1.90 bits per heavy atom. The average Bonchev–Trinajstić information content (AvgIpc) is 2.69. The first-order valence-corrected chi connectivity index (χ1v) is 7.76. The molecule has 1 saturated carbocycles. The summed E-state index contributed by atoms with van der Waals surface area (Å²) in [6.07, 6.45) is 6.09. The molecule has 1 aromatic carbocycles. The Morgan fingerprint density at radius 1 is 1.20 bits per heavy atom. The minimum atomic E-state index is -0.448. The van der Waals surface area contributed by atoms with E-state index in [2.05, 4.69) is 12.2 Å². The molecule has 1 aliphatic carbocycles. The average molecular weight is 277 g/mol. The van der Waals surface area contributed by atoms with Gasteiger partial charge >= 0.3 is 0 Å². The van der Waals surface area contributed by atoms with Gasteiger partial charge in [0, 0.05) is 12.6 Å². The van der Waals surface area contributed by atoms with Gasteiger partial charge in [-0.15, -0.1) is 0 Å². The molecule has 3 atom stereocenters. The van der Waals surface area contributed by atoms with Crippen LogP contribution in [0.1, 0.15) is 50.7 Å². The highest BCUT2D eigenvalue weighted by molar-refractivity contribution is 5.28. The quantitative estimate of drug-likeness (QED) is 0.812. The molecule has 1 aromatic rings. The molecule has 0 amide bonds. The Balaban J connectivity index is 1.85. The molecule has 2 rings (SSSR count). The molecule has 3 unspecified atom stereocenters. The molecule has 0 bridgehead atoms. The Kier molecular flexibility index (Phi) is 5.86. The van der Waals surface area contributed by atoms with Gasteiger partial charge in [0.15, 0.2) is 0 Å². The van der Waals surface area contributed by atoms with Crippen LogP contribution >= 0.6 is 0 Å². The summed E-state index contributed by atoms with van der Waals surface area (Å²) < 4.78 is 5.13. The number of aliphatic hydroxyl groups is 1. The number of nitrogens with one attached hydrogen (secondary N) is 1. The summed E-state index contributed by atoms with van der Waals surface area (Å²) >= 11 is 0. The van der Waals surface area contributed by atoms with E-state index in [-0.39, 0.29) is 0 Å². The van der Waals surface area contributed by atoms with Crippen molar-refractivity contribution < 1.29 is 9.84 Å². The fraction of sp³-hybridized carbons (Fsp3) is 0.647. The van der Waals surface area contributed by atoms with Gasteiger partial charge in [0.25, 0.3) is 0 Å². The van der Waals surface area contributed by atoms with Crippen molar-refractivity contribution in [2.45, 2.75) is 51.2 Å². The summed E-state index contributed by atoms with van der Waals surface area (Å²) in [5.74, 6) is 1.53. The third-order valence-electron chi connectivity index (χ3n) is 4.44. The first-order valence-electron chi connectivity index (χ1n) is 7.76. The minimum Gasteiger partial charge on any atom is -0.497 e. The van der Waals surface area contributed by atoms with Crippen molar-refractivity contribution in [1.82, 2.24) is 5.32 Å². The number of methoxy groups -OCH3 is 1. The van der Waals surface area contributed by atoms with Gasteiger partial charge in [0.1, 0.15) is 5.75 Å². The molecule has 0 aromatic heterocycles. The standard InChI is InChI=1S/C17H27NO2/c1-13-6-4-3-5-7-16(13)18-12-17(19)14-8-10-15(20-2)11-9-14/h8-11,13,16-19H,3-7,12H2,1-2H3. The van der Waals surface area contributed by atoms with Crippen LogP contribution in [0.25, 0.3) is 0 Å². The van der Waals surface area contributed by atoms with Crippen LogP contribution in [0, 0.1) is 5.92 Å². The maximum Gasteiger partial charge on any atom is 0.118 e. The lowest BCUT2D eigenvalue weighted by Gasteiger charge is -2.24. The summed E-state index contributed by atoms with van der Waals surface area (Å²) in [7, 11) is 1.65. The highest BCUT2D eigenvalue weighted by Gasteiger charge is 2.20. The maximum atomic E-state index is 10.3. The van der Waals surface area contributed by atoms with Crippen LogP contribution < -0.4 is 10.1 Å². The summed E-state index contributed by atoms with van der Waals surface area (Å²) in [5.41, 5.74) is 0.944. The summed E-state index contributed by atoms with van der Waals surface area (Å²) in [6.45, 7) is 2.95. The van der Waals surface area contributed by atoms with Crippen molar-refractivity contribution in [2.24, 2.45) is 5.92 Å². The van der Waals surface area contributed by atoms with Gasteiger partial charge in [0.05, 0.1) is 13.2 Å². The Bertz CT molecular complexity index is 390. The normalized spacial score (nSPS) is 24.9. The van der Waals surface area contributed by atoms with E-state index in [9.17, 15) is 5.11 Å². The first kappa shape index (κ1) is 15.3. The predicted octanol–water partition coefficient (Wildman–Crippen LogP) is 3.29. The molecule has 0 heterocycles. The van der Waals surface area contributed by atoms with Gasteiger partial charge < -0.3 is 15.2 Å². The van der Waals surface area contributed by atoms with Crippen LogP contribution in [0.4, 0.5) is 0 Å². The Hall–Kier alpha value is -1.06. The zero-order valence-electron chi connectivity index (χ0n) is 12.6. The Labute approximate surface area is 122 Å². The van der Waals surface area contributed by atoms with E-state index >= 15 is 0 Å². The van der Waals surface area contributed by atoms with Gasteiger partial charge in [-0.05, 0) is 36.5 Å². The molecule has 20 heavy (non-hydrogen) atoms. The zero-order chi connectivity index (χ0) is 14.4. The number of rotatable bonds is 5. The lowest BCUT2D eigenvalue weighted by molar-refractivity contribution is 0.163. The van der Waals surface area contributed by atoms with E-state index in [1.54, 1.807) is 7.11 Å². The second-order valence-electron chi connectivity index (χ2n) is 5.92. The second-order valence-corrected chi connectivity index (χ2v) is 5.92. The molecule has 3 nitrogen and oxygen atoms in total. The summed E-state index contributed by atoms with van der Waals surface area (Å²) in [4.78, 5) is 0. The monoisotopic (exact) mass is 277 g/mol. The molecular weight excluding hydrogens is 250 g/mol. The SMILES string of the molecule is COc1ccc(C(O)CNC2CCCCCC2C)cc1. The highest BCUT2D eigenvalue weighted by Crippen LogP contribution is 2.24. The number of hydrogen-bond acceptors (Lipinski definition) is 3. The van der Waals surface area contributed by atoms with Gasteiger partial charge in [0.2, 0.25) is 0 Å². The number of hydrogen-bond donors (Lipinski definition) is 2. The Morgan fingerprint density at radius 3 is 2.60 bits per heavy atom. The van der Waals surface area contributed by atoms with Crippen molar-refractivity contribution in [3.05, 3.63) is 29.8 Å². The lowest BCUT2D eigenvalue weighted by atomic mass is 9.96. The molecule has 0 spiro atoms. The largest absolute Gasteiger partial charge is 0.497 e. The molecule has 0 radical (unpaired) electrons. The van der Waals surface area contributed by atoms with Crippen LogP contribution in [-0.4, -0.2) is 24.8 Å². The van der Waals surface area contributed by atoms with Crippen molar-refractivity contribution in [3.63, 3.8) is 0 Å². The molecule has 1 aliphatic rings. The smallest absolute Gasteiger partial charge is 0.118 e. The van der Waals surface area contributed by atoms with E-state index < -0.39 is 6.10 Å². The van der Waals surface area contributed by atoms with Crippen LogP contribution in [0.2, 0.25) is 0 Å². The van der Waals surface area contributed by atoms with Crippen molar-refractivity contribution in [1.29, 1.82) is 0 Å². The van der Waals surface area contributed by atoms with E-state index in [0.29, 0.717) is 18.5 Å². The summed E-state index contributed by atoms with van der Waals surface area (Å²) in [6, 6.07) is 8.20. The highest BCUT2D eigenvalue weighted by atomic mass is 16.5. The molecule has 0 aliphatic heterocycles. The summed E-state index contributed by atoms with van der Waals surface area (Å²) in [5, 5.41) is 13.8. The maximum absolute atomic E-state index is 10.3. The topological polar surface area (TPSA) is 41.5 Å².